The van der Waals surface area contributed by atoms with E-state index < -0.39 is 23.3 Å². The van der Waals surface area contributed by atoms with Crippen LogP contribution in [0.4, 0.5) is 23.2 Å². The van der Waals surface area contributed by atoms with Gasteiger partial charge in [0.25, 0.3) is 0 Å². The molecule has 38 heavy (non-hydrogen) atoms. The molecule has 0 spiro atoms. The van der Waals surface area contributed by atoms with Gasteiger partial charge in [-0.2, -0.15) is 13.2 Å². The van der Waals surface area contributed by atoms with E-state index in [2.05, 4.69) is 0 Å². The van der Waals surface area contributed by atoms with Crippen molar-refractivity contribution < 1.29 is 27.1 Å². The van der Waals surface area contributed by atoms with Crippen LogP contribution < -0.4 is 4.90 Å². The molecule has 10 heteroatoms. The van der Waals surface area contributed by atoms with Crippen LogP contribution in [0.1, 0.15) is 51.9 Å². The first-order chi connectivity index (χ1) is 18.0. The molecule has 1 saturated carbocycles. The zero-order valence-electron chi connectivity index (χ0n) is 21.4. The van der Waals surface area contributed by atoms with Crippen LogP contribution in [0.5, 0.6) is 0 Å². The van der Waals surface area contributed by atoms with Crippen LogP contribution in [0.3, 0.4) is 0 Å². The quantitative estimate of drug-likeness (QED) is 0.170. The van der Waals surface area contributed by atoms with Gasteiger partial charge in [0.05, 0.1) is 30.5 Å². The van der Waals surface area contributed by atoms with Crippen molar-refractivity contribution in [1.29, 1.82) is 10.8 Å². The lowest BCUT2D eigenvalue weighted by Crippen LogP contribution is -2.58. The highest BCUT2D eigenvalue weighted by molar-refractivity contribution is 5.93. The van der Waals surface area contributed by atoms with Crippen molar-refractivity contribution in [3.05, 3.63) is 64.2 Å². The standard InChI is InChI=1S/C28H32F4N4O2/c1-35(13-23-20(14-37)10-19(9-8-18-6-7-18)11-24(23)28(30,31)32)22-5-3-4-21(12-22)27(15-38-16-27)25(29)26(34)36(2)17-33/h3-5,10-12,14,17-18,25,33-34H,6-9,13,15-16H2,1-2H3. The maximum absolute atomic E-state index is 15.5. The lowest BCUT2D eigenvalue weighted by molar-refractivity contribution is -0.138. The number of alkyl halides is 4. The highest BCUT2D eigenvalue weighted by atomic mass is 19.4. The number of aryl methyl sites for hydroxylation is 1. The van der Waals surface area contributed by atoms with Gasteiger partial charge in [-0.05, 0) is 59.7 Å². The van der Waals surface area contributed by atoms with Gasteiger partial charge >= 0.3 is 6.18 Å². The van der Waals surface area contributed by atoms with Crippen molar-refractivity contribution >= 4 is 24.1 Å². The molecule has 0 aromatic heterocycles. The van der Waals surface area contributed by atoms with Crippen molar-refractivity contribution in [3.63, 3.8) is 0 Å². The molecule has 2 fully saturated rings. The number of hydrogen-bond acceptors (Lipinski definition) is 5. The average Bonchev–Trinajstić information content (AvgIpc) is 3.70. The van der Waals surface area contributed by atoms with E-state index in [1.807, 2.05) is 0 Å². The van der Waals surface area contributed by atoms with Gasteiger partial charge < -0.3 is 14.5 Å². The third-order valence-corrected chi connectivity index (χ3v) is 7.59. The van der Waals surface area contributed by atoms with E-state index in [-0.39, 0.29) is 36.7 Å². The molecule has 1 atom stereocenters. The second-order valence-corrected chi connectivity index (χ2v) is 10.4. The van der Waals surface area contributed by atoms with E-state index in [4.69, 9.17) is 15.6 Å². The zero-order chi connectivity index (χ0) is 27.7. The Kier molecular flexibility index (Phi) is 7.92. The van der Waals surface area contributed by atoms with Crippen molar-refractivity contribution in [2.75, 3.05) is 32.2 Å². The van der Waals surface area contributed by atoms with Crippen molar-refractivity contribution in [2.24, 2.45) is 5.92 Å². The number of hydrogen-bond donors (Lipinski definition) is 2. The summed E-state index contributed by atoms with van der Waals surface area (Å²) in [7, 11) is 3.04. The number of carbonyl (C=O) groups excluding carboxylic acids is 1. The van der Waals surface area contributed by atoms with Crippen LogP contribution in [-0.4, -0.2) is 56.8 Å². The predicted molar refractivity (Wildman–Crippen MR) is 138 cm³/mol. The Hall–Kier alpha value is -3.27. The molecule has 1 heterocycles. The Morgan fingerprint density at radius 1 is 1.21 bits per heavy atom. The van der Waals surface area contributed by atoms with Crippen LogP contribution in [0, 0.1) is 16.7 Å². The number of nitrogens with zero attached hydrogens (tertiary/aromatic N) is 2. The Labute approximate surface area is 219 Å². The number of halogens is 4. The molecular weight excluding hydrogens is 500 g/mol. The van der Waals surface area contributed by atoms with Crippen LogP contribution in [-0.2, 0) is 29.3 Å². The molecule has 0 amide bonds. The summed E-state index contributed by atoms with van der Waals surface area (Å²) < 4.78 is 63.2. The number of ether oxygens (including phenoxy) is 1. The molecule has 1 aliphatic carbocycles. The van der Waals surface area contributed by atoms with Crippen molar-refractivity contribution in [3.8, 4) is 0 Å². The molecule has 0 radical (unpaired) electrons. The highest BCUT2D eigenvalue weighted by Gasteiger charge is 2.50. The van der Waals surface area contributed by atoms with Gasteiger partial charge in [-0.25, -0.2) is 4.39 Å². The van der Waals surface area contributed by atoms with Gasteiger partial charge in [0.1, 0.15) is 12.1 Å². The molecule has 6 nitrogen and oxygen atoms in total. The second kappa shape index (κ2) is 10.8. The van der Waals surface area contributed by atoms with Gasteiger partial charge in [-0.1, -0.05) is 25.0 Å². The Balaban J connectivity index is 1.63. The summed E-state index contributed by atoms with van der Waals surface area (Å²) in [6.07, 6.45) is -1.51. The van der Waals surface area contributed by atoms with Crippen LogP contribution in [0.25, 0.3) is 0 Å². The average molecular weight is 533 g/mol. The van der Waals surface area contributed by atoms with E-state index in [0.29, 0.717) is 35.4 Å². The monoisotopic (exact) mass is 532 g/mol. The molecule has 4 rings (SSSR count). The largest absolute Gasteiger partial charge is 0.416 e. The van der Waals surface area contributed by atoms with Gasteiger partial charge in [0.15, 0.2) is 6.17 Å². The number of aldehydes is 1. The number of rotatable bonds is 11. The molecule has 2 N–H and O–H groups in total. The van der Waals surface area contributed by atoms with E-state index in [0.717, 1.165) is 36.6 Å². The van der Waals surface area contributed by atoms with E-state index in [1.165, 1.54) is 7.05 Å². The minimum Gasteiger partial charge on any atom is -0.379 e. The minimum atomic E-state index is -4.62. The molecule has 1 aliphatic heterocycles. The fraction of sp³-hybridized carbons (Fsp3) is 0.464. The first-order valence-corrected chi connectivity index (χ1v) is 12.5. The van der Waals surface area contributed by atoms with Gasteiger partial charge in [0.2, 0.25) is 0 Å². The summed E-state index contributed by atoms with van der Waals surface area (Å²) in [5, 5.41) is 15.4. The van der Waals surface area contributed by atoms with E-state index in [9.17, 15) is 18.0 Å². The number of nitrogens with one attached hydrogen (secondary N) is 2. The first kappa shape index (κ1) is 27.8. The lowest BCUT2D eigenvalue weighted by atomic mass is 9.73. The molecule has 2 aromatic rings. The third kappa shape index (κ3) is 5.60. The second-order valence-electron chi connectivity index (χ2n) is 10.4. The molecule has 1 saturated heterocycles. The SMILES string of the molecule is CN(C=N)C(=N)C(F)C1(c2cccc(N(C)Cc3c(C=O)cc(CCC4CC4)cc3C(F)(F)F)c2)COC1. The van der Waals surface area contributed by atoms with Crippen LogP contribution in [0.2, 0.25) is 0 Å². The third-order valence-electron chi connectivity index (χ3n) is 7.59. The first-order valence-electron chi connectivity index (χ1n) is 12.5. The Morgan fingerprint density at radius 2 is 1.92 bits per heavy atom. The molecule has 204 valence electrons. The lowest BCUT2D eigenvalue weighted by Gasteiger charge is -2.45. The predicted octanol–water partition coefficient (Wildman–Crippen LogP) is 5.62. The summed E-state index contributed by atoms with van der Waals surface area (Å²) in [5.74, 6) is 0.180. The maximum atomic E-state index is 15.5. The molecule has 2 aromatic carbocycles. The fourth-order valence-electron chi connectivity index (χ4n) is 4.89. The topological polar surface area (TPSA) is 80.5 Å². The van der Waals surface area contributed by atoms with Crippen LogP contribution in [0.15, 0.2) is 36.4 Å². The number of carbonyl (C=O) groups is 1. The summed E-state index contributed by atoms with van der Waals surface area (Å²) in [6.45, 7) is -0.110. The van der Waals surface area contributed by atoms with Crippen LogP contribution >= 0.6 is 0 Å². The Bertz CT molecular complexity index is 1210. The minimum absolute atomic E-state index is 0.0180. The smallest absolute Gasteiger partial charge is 0.379 e. The summed E-state index contributed by atoms with van der Waals surface area (Å²) >= 11 is 0. The molecule has 2 aliphatic rings. The number of amidine groups is 1. The summed E-state index contributed by atoms with van der Waals surface area (Å²) in [6, 6.07) is 9.50. The maximum Gasteiger partial charge on any atom is 0.416 e. The normalized spacial score (nSPS) is 17.3. The summed E-state index contributed by atoms with van der Waals surface area (Å²) in [4.78, 5) is 14.6. The van der Waals surface area contributed by atoms with Crippen molar-refractivity contribution in [1.82, 2.24) is 4.90 Å². The summed E-state index contributed by atoms with van der Waals surface area (Å²) in [5.41, 5.74) is -0.440. The van der Waals surface area contributed by atoms with Crippen molar-refractivity contribution in [2.45, 2.75) is 50.0 Å². The number of anilines is 1. The Morgan fingerprint density at radius 3 is 2.47 bits per heavy atom. The molecule has 0 bridgehead atoms. The van der Waals surface area contributed by atoms with E-state index >= 15 is 4.39 Å². The van der Waals surface area contributed by atoms with E-state index in [1.54, 1.807) is 42.3 Å². The van der Waals surface area contributed by atoms with Gasteiger partial charge in [0, 0.05) is 31.9 Å². The highest BCUT2D eigenvalue weighted by Crippen LogP contribution is 2.41. The zero-order valence-corrected chi connectivity index (χ0v) is 21.4. The fourth-order valence-corrected chi connectivity index (χ4v) is 4.89. The molecular formula is C28H32F4N4O2. The number of benzene rings is 2. The molecule has 1 unspecified atom stereocenters. The van der Waals surface area contributed by atoms with Gasteiger partial charge in [-0.3, -0.25) is 15.6 Å². The van der Waals surface area contributed by atoms with Gasteiger partial charge in [-0.15, -0.1) is 0 Å².